The minimum absolute atomic E-state index is 0.126. The number of carboxylic acid groups (broad SMARTS) is 1. The molecule has 0 amide bonds. The zero-order chi connectivity index (χ0) is 18.7. The van der Waals surface area contributed by atoms with Gasteiger partial charge in [0, 0.05) is 28.7 Å². The number of aromatic nitrogens is 2. The van der Waals surface area contributed by atoms with Crippen LogP contribution in [0.3, 0.4) is 0 Å². The van der Waals surface area contributed by atoms with Gasteiger partial charge >= 0.3 is 5.97 Å². The third-order valence-electron chi connectivity index (χ3n) is 3.69. The molecule has 3 N–H and O–H groups in total. The molecule has 0 aliphatic rings. The summed E-state index contributed by atoms with van der Waals surface area (Å²) < 4.78 is 0. The molecule has 0 saturated carbocycles. The molecule has 0 aliphatic heterocycles. The van der Waals surface area contributed by atoms with E-state index in [9.17, 15) is 9.90 Å². The van der Waals surface area contributed by atoms with E-state index < -0.39 is 5.97 Å². The number of hydrogen-bond donors (Lipinski definition) is 3. The maximum Gasteiger partial charge on any atom is 0.354 e. The van der Waals surface area contributed by atoms with Crippen LogP contribution in [-0.4, -0.2) is 26.8 Å². The Balaban J connectivity index is 2.23. The van der Waals surface area contributed by atoms with Crippen LogP contribution in [0.2, 0.25) is 5.15 Å². The molecule has 1 aromatic carbocycles. The molecule has 0 aliphatic carbocycles. The second kappa shape index (κ2) is 7.33. The quantitative estimate of drug-likeness (QED) is 0.451. The molecule has 6 nitrogen and oxygen atoms in total. The van der Waals surface area contributed by atoms with Crippen molar-refractivity contribution in [2.24, 2.45) is 0 Å². The second-order valence-corrected chi connectivity index (χ2v) is 5.96. The second-order valence-electron chi connectivity index (χ2n) is 5.57. The van der Waals surface area contributed by atoms with Crippen LogP contribution in [0.5, 0.6) is 0 Å². The summed E-state index contributed by atoms with van der Waals surface area (Å²) >= 11 is 5.85. The fourth-order valence-electron chi connectivity index (χ4n) is 2.55. The van der Waals surface area contributed by atoms with Crippen molar-refractivity contribution in [3.8, 4) is 11.1 Å². The lowest BCUT2D eigenvalue weighted by molar-refractivity contribution is 0.0690. The first-order chi connectivity index (χ1) is 12.5. The van der Waals surface area contributed by atoms with Crippen molar-refractivity contribution in [1.82, 2.24) is 9.97 Å². The molecule has 0 spiro atoms. The van der Waals surface area contributed by atoms with Crippen LogP contribution in [-0.2, 0) is 0 Å². The van der Waals surface area contributed by atoms with Gasteiger partial charge in [0.15, 0.2) is 5.69 Å². The summed E-state index contributed by atoms with van der Waals surface area (Å²) in [6.45, 7) is 1.63. The zero-order valence-corrected chi connectivity index (χ0v) is 14.6. The van der Waals surface area contributed by atoms with Gasteiger partial charge in [0.2, 0.25) is 0 Å². The van der Waals surface area contributed by atoms with Crippen LogP contribution in [0.1, 0.15) is 23.0 Å². The Hall–Kier alpha value is -3.25. The predicted molar refractivity (Wildman–Crippen MR) is 102 cm³/mol. The molecular formula is C19H15ClN4O2. The Kier molecular flexibility index (Phi) is 4.95. The van der Waals surface area contributed by atoms with E-state index in [1.54, 1.807) is 25.3 Å². The number of aromatic carboxylic acids is 1. The Morgan fingerprint density at radius 2 is 1.92 bits per heavy atom. The summed E-state index contributed by atoms with van der Waals surface area (Å²) in [6.07, 6.45) is 1.54. The average molecular weight is 367 g/mol. The normalized spacial score (nSPS) is 10.4. The lowest BCUT2D eigenvalue weighted by atomic mass is 9.98. The first-order valence-corrected chi connectivity index (χ1v) is 8.11. The summed E-state index contributed by atoms with van der Waals surface area (Å²) in [5, 5.41) is 21.1. The zero-order valence-electron chi connectivity index (χ0n) is 13.8. The van der Waals surface area contributed by atoms with E-state index in [4.69, 9.17) is 17.0 Å². The first kappa shape index (κ1) is 17.6. The van der Waals surface area contributed by atoms with Gasteiger partial charge in [-0.3, -0.25) is 0 Å². The minimum atomic E-state index is -1.15. The molecule has 3 aromatic rings. The van der Waals surface area contributed by atoms with Gasteiger partial charge in [0.1, 0.15) is 11.0 Å². The number of nitrogens with one attached hydrogen (secondary N) is 2. The summed E-state index contributed by atoms with van der Waals surface area (Å²) in [5.41, 5.74) is 2.56. The van der Waals surface area contributed by atoms with Crippen molar-refractivity contribution in [1.29, 1.82) is 5.41 Å². The van der Waals surface area contributed by atoms with Gasteiger partial charge in [0.05, 0.1) is 0 Å². The minimum Gasteiger partial charge on any atom is -0.477 e. The average Bonchev–Trinajstić information content (AvgIpc) is 2.62. The molecule has 0 fully saturated rings. The number of hydrogen-bond acceptors (Lipinski definition) is 5. The van der Waals surface area contributed by atoms with Crippen LogP contribution >= 0.6 is 11.6 Å². The molecule has 2 aromatic heterocycles. The highest BCUT2D eigenvalue weighted by molar-refractivity contribution is 6.29. The molecule has 2 heterocycles. The first-order valence-electron chi connectivity index (χ1n) is 7.73. The maximum atomic E-state index is 11.5. The van der Waals surface area contributed by atoms with E-state index >= 15 is 0 Å². The fraction of sp³-hybridized carbons (Fsp3) is 0.0526. The lowest BCUT2D eigenvalue weighted by Gasteiger charge is -2.16. The molecule has 0 bridgehead atoms. The van der Waals surface area contributed by atoms with E-state index in [0.29, 0.717) is 27.7 Å². The monoisotopic (exact) mass is 366 g/mol. The van der Waals surface area contributed by atoms with Crippen molar-refractivity contribution < 1.29 is 9.90 Å². The summed E-state index contributed by atoms with van der Waals surface area (Å²) in [5.74, 6) is -0.855. The Bertz CT molecular complexity index is 973. The Labute approximate surface area is 155 Å². The number of nitrogens with zero attached hydrogens (tertiary/aromatic N) is 2. The van der Waals surface area contributed by atoms with Gasteiger partial charge in [0.25, 0.3) is 0 Å². The van der Waals surface area contributed by atoms with Crippen LogP contribution in [0.4, 0.5) is 11.5 Å². The van der Waals surface area contributed by atoms with Crippen molar-refractivity contribution in [3.63, 3.8) is 0 Å². The molecule has 0 unspecified atom stereocenters. The summed E-state index contributed by atoms with van der Waals surface area (Å²) in [7, 11) is 0. The van der Waals surface area contributed by atoms with Crippen LogP contribution < -0.4 is 5.32 Å². The molecule has 0 saturated heterocycles. The van der Waals surface area contributed by atoms with Crippen LogP contribution in [0, 0.1) is 5.41 Å². The molecule has 130 valence electrons. The van der Waals surface area contributed by atoms with E-state index in [1.807, 2.05) is 30.3 Å². The van der Waals surface area contributed by atoms with Crippen molar-refractivity contribution in [2.75, 3.05) is 5.32 Å². The van der Waals surface area contributed by atoms with Gasteiger partial charge in [-0.25, -0.2) is 14.8 Å². The highest BCUT2D eigenvalue weighted by Gasteiger charge is 2.19. The van der Waals surface area contributed by atoms with E-state index in [1.165, 1.54) is 6.07 Å². The topological polar surface area (TPSA) is 99.0 Å². The van der Waals surface area contributed by atoms with Crippen molar-refractivity contribution in [2.45, 2.75) is 6.92 Å². The van der Waals surface area contributed by atoms with Crippen molar-refractivity contribution >= 4 is 34.8 Å². The largest absolute Gasteiger partial charge is 0.477 e. The SMILES string of the molecule is CC(=N)c1c(-c2ccc(Cl)nc2)cc(C(=O)O)nc1Nc1ccccc1. The highest BCUT2D eigenvalue weighted by atomic mass is 35.5. The van der Waals surface area contributed by atoms with Gasteiger partial charge < -0.3 is 15.8 Å². The number of rotatable bonds is 5. The van der Waals surface area contributed by atoms with Crippen LogP contribution in [0.25, 0.3) is 11.1 Å². The lowest BCUT2D eigenvalue weighted by Crippen LogP contribution is -2.10. The summed E-state index contributed by atoms with van der Waals surface area (Å²) in [6, 6.07) is 14.0. The van der Waals surface area contributed by atoms with Gasteiger partial charge in [-0.2, -0.15) is 0 Å². The standard InChI is InChI=1S/C19H15ClN4O2/c1-11(21)17-14(12-7-8-16(20)22-10-12)9-15(19(25)26)24-18(17)23-13-5-3-2-4-6-13/h2-10,21H,1H3,(H,23,24)(H,25,26). The Morgan fingerprint density at radius 3 is 2.50 bits per heavy atom. The van der Waals surface area contributed by atoms with Gasteiger partial charge in [-0.1, -0.05) is 29.8 Å². The summed E-state index contributed by atoms with van der Waals surface area (Å²) in [4.78, 5) is 19.8. The number of carboxylic acids is 1. The maximum absolute atomic E-state index is 11.5. The molecule has 0 atom stereocenters. The van der Waals surface area contributed by atoms with Gasteiger partial charge in [-0.15, -0.1) is 0 Å². The van der Waals surface area contributed by atoms with Crippen molar-refractivity contribution in [3.05, 3.63) is 71.1 Å². The third kappa shape index (κ3) is 3.70. The molecular weight excluding hydrogens is 352 g/mol. The molecule has 3 rings (SSSR count). The number of benzene rings is 1. The highest BCUT2D eigenvalue weighted by Crippen LogP contribution is 2.31. The van der Waals surface area contributed by atoms with E-state index in [-0.39, 0.29) is 11.4 Å². The predicted octanol–water partition coefficient (Wildman–Crippen LogP) is 4.63. The molecule has 26 heavy (non-hydrogen) atoms. The third-order valence-corrected chi connectivity index (χ3v) is 3.91. The number of carbonyl (C=O) groups is 1. The number of halogens is 1. The number of anilines is 2. The van der Waals surface area contributed by atoms with Gasteiger partial charge in [-0.05, 0) is 42.8 Å². The number of pyridine rings is 2. The van der Waals surface area contributed by atoms with E-state index in [2.05, 4.69) is 15.3 Å². The smallest absolute Gasteiger partial charge is 0.354 e. The van der Waals surface area contributed by atoms with E-state index in [0.717, 1.165) is 5.69 Å². The van der Waals surface area contributed by atoms with Crippen LogP contribution in [0.15, 0.2) is 54.7 Å². The Morgan fingerprint density at radius 1 is 1.19 bits per heavy atom. The molecule has 7 heteroatoms. The fourth-order valence-corrected chi connectivity index (χ4v) is 2.66. The number of para-hydroxylation sites is 1. The molecule has 0 radical (unpaired) electrons.